The first-order valence-corrected chi connectivity index (χ1v) is 4.28. The van der Waals surface area contributed by atoms with Crippen molar-refractivity contribution in [2.75, 3.05) is 12.8 Å². The molecule has 3 nitrogen and oxygen atoms in total. The van der Waals surface area contributed by atoms with E-state index in [1.54, 1.807) is 31.4 Å². The third kappa shape index (κ3) is 1.14. The lowest BCUT2D eigenvalue weighted by Crippen LogP contribution is -1.90. The summed E-state index contributed by atoms with van der Waals surface area (Å²) in [6.45, 7) is 0. The molecule has 3 heteroatoms. The van der Waals surface area contributed by atoms with Crippen LogP contribution >= 0.6 is 0 Å². The molecule has 0 bridgehead atoms. The molecule has 0 aromatic heterocycles. The molecule has 0 fully saturated rings. The number of anilines is 1. The first-order valence-electron chi connectivity index (χ1n) is 4.28. The van der Waals surface area contributed by atoms with Crippen molar-refractivity contribution in [3.05, 3.63) is 30.3 Å². The number of hydrogen-bond donors (Lipinski definition) is 2. The zero-order valence-electron chi connectivity index (χ0n) is 7.82. The minimum Gasteiger partial charge on any atom is -0.507 e. The number of benzene rings is 2. The summed E-state index contributed by atoms with van der Waals surface area (Å²) in [5, 5.41) is 11.1. The first-order chi connectivity index (χ1) is 6.74. The van der Waals surface area contributed by atoms with E-state index in [1.165, 1.54) is 0 Å². The van der Waals surface area contributed by atoms with Crippen molar-refractivity contribution in [2.45, 2.75) is 0 Å². The maximum atomic E-state index is 9.64. The molecule has 2 aromatic carbocycles. The predicted molar refractivity (Wildman–Crippen MR) is 56.6 cm³/mol. The number of nitrogens with two attached hydrogens (primary N) is 1. The number of fused-ring (bicyclic) bond motifs is 1. The standard InChI is InChI=1S/C11H11NO2/c1-14-10-6-5-8(12)11-7(10)3-2-4-9(11)13/h2-6,13H,12H2,1H3. The number of phenols is 1. The second kappa shape index (κ2) is 3.10. The highest BCUT2D eigenvalue weighted by Crippen LogP contribution is 2.35. The molecule has 0 unspecified atom stereocenters. The molecule has 14 heavy (non-hydrogen) atoms. The van der Waals surface area contributed by atoms with Crippen LogP contribution in [-0.2, 0) is 0 Å². The van der Waals surface area contributed by atoms with E-state index in [9.17, 15) is 5.11 Å². The van der Waals surface area contributed by atoms with Gasteiger partial charge < -0.3 is 15.6 Å². The number of methoxy groups -OCH3 is 1. The van der Waals surface area contributed by atoms with Gasteiger partial charge in [0.25, 0.3) is 0 Å². The average molecular weight is 189 g/mol. The van der Waals surface area contributed by atoms with E-state index >= 15 is 0 Å². The van der Waals surface area contributed by atoms with Crippen LogP contribution < -0.4 is 10.5 Å². The molecule has 0 atom stereocenters. The summed E-state index contributed by atoms with van der Waals surface area (Å²) < 4.78 is 5.17. The van der Waals surface area contributed by atoms with E-state index in [-0.39, 0.29) is 5.75 Å². The van der Waals surface area contributed by atoms with E-state index in [0.29, 0.717) is 16.8 Å². The van der Waals surface area contributed by atoms with Gasteiger partial charge in [0, 0.05) is 11.1 Å². The number of rotatable bonds is 1. The van der Waals surface area contributed by atoms with Crippen molar-refractivity contribution >= 4 is 16.5 Å². The van der Waals surface area contributed by atoms with Gasteiger partial charge in [-0.2, -0.15) is 0 Å². The molecule has 3 N–H and O–H groups in total. The Balaban J connectivity index is 2.91. The Kier molecular flexibility index (Phi) is 1.93. The summed E-state index contributed by atoms with van der Waals surface area (Å²) in [6, 6.07) is 8.75. The van der Waals surface area contributed by atoms with Crippen molar-refractivity contribution in [3.8, 4) is 11.5 Å². The number of hydrogen-bond acceptors (Lipinski definition) is 3. The van der Waals surface area contributed by atoms with Crippen LogP contribution in [0.15, 0.2) is 30.3 Å². The van der Waals surface area contributed by atoms with Crippen molar-refractivity contribution in [2.24, 2.45) is 0 Å². The summed E-state index contributed by atoms with van der Waals surface area (Å²) in [5.74, 6) is 0.893. The lowest BCUT2D eigenvalue weighted by molar-refractivity contribution is 0.419. The number of ether oxygens (including phenoxy) is 1. The van der Waals surface area contributed by atoms with Gasteiger partial charge in [-0.05, 0) is 18.2 Å². The van der Waals surface area contributed by atoms with E-state index in [4.69, 9.17) is 10.5 Å². The normalized spacial score (nSPS) is 10.4. The highest BCUT2D eigenvalue weighted by atomic mass is 16.5. The van der Waals surface area contributed by atoms with Gasteiger partial charge in [-0.1, -0.05) is 12.1 Å². The van der Waals surface area contributed by atoms with Crippen LogP contribution in [0.3, 0.4) is 0 Å². The molecule has 2 aromatic rings. The average Bonchev–Trinajstić information content (AvgIpc) is 2.18. The third-order valence-corrected chi connectivity index (χ3v) is 2.23. The quantitative estimate of drug-likeness (QED) is 0.676. The fourth-order valence-corrected chi connectivity index (χ4v) is 1.57. The van der Waals surface area contributed by atoms with Gasteiger partial charge in [0.1, 0.15) is 11.5 Å². The fraction of sp³-hybridized carbons (Fsp3) is 0.0909. The maximum Gasteiger partial charge on any atom is 0.126 e. The van der Waals surface area contributed by atoms with Gasteiger partial charge >= 0.3 is 0 Å². The molecule has 0 aliphatic heterocycles. The molecule has 0 heterocycles. The Morgan fingerprint density at radius 1 is 1.21 bits per heavy atom. The third-order valence-electron chi connectivity index (χ3n) is 2.23. The van der Waals surface area contributed by atoms with Gasteiger partial charge in [0.15, 0.2) is 0 Å². The Bertz CT molecular complexity index is 472. The topological polar surface area (TPSA) is 55.5 Å². The molecular formula is C11H11NO2. The fourth-order valence-electron chi connectivity index (χ4n) is 1.57. The summed E-state index contributed by atoms with van der Waals surface area (Å²) in [7, 11) is 1.59. The molecule has 72 valence electrons. The second-order valence-electron chi connectivity index (χ2n) is 3.06. The van der Waals surface area contributed by atoms with Crippen LogP contribution in [0.25, 0.3) is 10.8 Å². The lowest BCUT2D eigenvalue weighted by Gasteiger charge is -2.08. The zero-order chi connectivity index (χ0) is 10.1. The zero-order valence-corrected chi connectivity index (χ0v) is 7.82. The van der Waals surface area contributed by atoms with E-state index in [1.807, 2.05) is 6.07 Å². The molecule has 0 saturated carbocycles. The van der Waals surface area contributed by atoms with Gasteiger partial charge in [-0.15, -0.1) is 0 Å². The number of phenolic OH excluding ortho intramolecular Hbond substituents is 1. The Morgan fingerprint density at radius 3 is 2.71 bits per heavy atom. The molecule has 0 aliphatic carbocycles. The van der Waals surface area contributed by atoms with E-state index in [2.05, 4.69) is 0 Å². The summed E-state index contributed by atoms with van der Waals surface area (Å²) in [4.78, 5) is 0. The molecule has 0 radical (unpaired) electrons. The summed E-state index contributed by atoms with van der Waals surface area (Å²) in [5.41, 5.74) is 6.32. The monoisotopic (exact) mass is 189 g/mol. The molecular weight excluding hydrogens is 178 g/mol. The summed E-state index contributed by atoms with van der Waals surface area (Å²) in [6.07, 6.45) is 0. The maximum absolute atomic E-state index is 9.64. The van der Waals surface area contributed by atoms with Gasteiger partial charge in [-0.3, -0.25) is 0 Å². The Morgan fingerprint density at radius 2 is 2.00 bits per heavy atom. The van der Waals surface area contributed by atoms with E-state index < -0.39 is 0 Å². The van der Waals surface area contributed by atoms with Gasteiger partial charge in [0.05, 0.1) is 12.5 Å². The number of aromatic hydroxyl groups is 1. The van der Waals surface area contributed by atoms with Crippen molar-refractivity contribution in [3.63, 3.8) is 0 Å². The molecule has 0 aliphatic rings. The van der Waals surface area contributed by atoms with E-state index in [0.717, 1.165) is 5.39 Å². The number of nitrogen functional groups attached to an aromatic ring is 1. The van der Waals surface area contributed by atoms with Crippen LogP contribution in [0.2, 0.25) is 0 Å². The second-order valence-corrected chi connectivity index (χ2v) is 3.06. The highest BCUT2D eigenvalue weighted by Gasteiger charge is 2.07. The van der Waals surface area contributed by atoms with Crippen LogP contribution in [0.1, 0.15) is 0 Å². The van der Waals surface area contributed by atoms with Crippen LogP contribution in [-0.4, -0.2) is 12.2 Å². The van der Waals surface area contributed by atoms with Crippen LogP contribution in [0, 0.1) is 0 Å². The predicted octanol–water partition coefficient (Wildman–Crippen LogP) is 2.14. The minimum absolute atomic E-state index is 0.180. The lowest BCUT2D eigenvalue weighted by atomic mass is 10.1. The SMILES string of the molecule is COc1ccc(N)c2c(O)cccc12. The highest BCUT2D eigenvalue weighted by molar-refractivity contribution is 6.01. The van der Waals surface area contributed by atoms with Crippen LogP contribution in [0.4, 0.5) is 5.69 Å². The Labute approximate surface area is 81.7 Å². The van der Waals surface area contributed by atoms with Crippen molar-refractivity contribution in [1.29, 1.82) is 0 Å². The van der Waals surface area contributed by atoms with Crippen LogP contribution in [0.5, 0.6) is 11.5 Å². The molecule has 0 amide bonds. The minimum atomic E-state index is 0.180. The van der Waals surface area contributed by atoms with Gasteiger partial charge in [-0.25, -0.2) is 0 Å². The first kappa shape index (κ1) is 8.69. The molecule has 0 saturated heterocycles. The summed E-state index contributed by atoms with van der Waals surface area (Å²) >= 11 is 0. The van der Waals surface area contributed by atoms with Gasteiger partial charge in [0.2, 0.25) is 0 Å². The van der Waals surface area contributed by atoms with Crippen molar-refractivity contribution in [1.82, 2.24) is 0 Å². The van der Waals surface area contributed by atoms with Crippen molar-refractivity contribution < 1.29 is 9.84 Å². The molecule has 2 rings (SSSR count). The smallest absolute Gasteiger partial charge is 0.126 e. The Hall–Kier alpha value is -1.90. The molecule has 0 spiro atoms. The largest absolute Gasteiger partial charge is 0.507 e.